The molecule has 0 spiro atoms. The number of nitrogens with one attached hydrogen (secondary N) is 1. The standard InChI is InChI=1S/C22H16F2N4O/c1-14-6-8-15(9-7-14)21-26-20(22(29)25-19-5-3-2-4-18(19)24)27-28(21)17-12-10-16(23)11-13-17/h2-13H,1H3,(H,25,29). The van der Waals surface area contributed by atoms with Crippen LogP contribution in [0.2, 0.25) is 0 Å². The molecule has 1 amide bonds. The summed E-state index contributed by atoms with van der Waals surface area (Å²) < 4.78 is 28.7. The fourth-order valence-electron chi connectivity index (χ4n) is 2.80. The number of halogens is 2. The first-order valence-corrected chi connectivity index (χ1v) is 8.87. The van der Waals surface area contributed by atoms with E-state index in [1.807, 2.05) is 31.2 Å². The third-order valence-electron chi connectivity index (χ3n) is 4.31. The Morgan fingerprint density at radius 1 is 0.931 bits per heavy atom. The topological polar surface area (TPSA) is 59.8 Å². The van der Waals surface area contributed by atoms with Gasteiger partial charge in [-0.25, -0.2) is 18.4 Å². The van der Waals surface area contributed by atoms with Crippen molar-refractivity contribution in [1.29, 1.82) is 0 Å². The number of benzene rings is 3. The highest BCUT2D eigenvalue weighted by atomic mass is 19.1. The number of anilines is 1. The molecule has 1 aromatic heterocycles. The fraction of sp³-hybridized carbons (Fsp3) is 0.0455. The van der Waals surface area contributed by atoms with E-state index >= 15 is 0 Å². The molecular weight excluding hydrogens is 374 g/mol. The molecule has 5 nitrogen and oxygen atoms in total. The summed E-state index contributed by atoms with van der Waals surface area (Å²) in [4.78, 5) is 17.0. The van der Waals surface area contributed by atoms with Gasteiger partial charge in [0.1, 0.15) is 11.6 Å². The van der Waals surface area contributed by atoms with Gasteiger partial charge in [-0.2, -0.15) is 0 Å². The van der Waals surface area contributed by atoms with E-state index in [0.29, 0.717) is 11.5 Å². The second-order valence-electron chi connectivity index (χ2n) is 6.45. The first-order valence-electron chi connectivity index (χ1n) is 8.87. The Kier molecular flexibility index (Phi) is 4.87. The van der Waals surface area contributed by atoms with Crippen molar-refractivity contribution >= 4 is 11.6 Å². The Bertz CT molecular complexity index is 1110. The lowest BCUT2D eigenvalue weighted by Crippen LogP contribution is -2.15. The Morgan fingerprint density at radius 3 is 2.31 bits per heavy atom. The molecule has 0 saturated heterocycles. The second kappa shape index (κ2) is 7.63. The molecule has 4 aromatic rings. The van der Waals surface area contributed by atoms with Crippen LogP contribution >= 0.6 is 0 Å². The first kappa shape index (κ1) is 18.5. The molecule has 0 bridgehead atoms. The van der Waals surface area contributed by atoms with Crippen LogP contribution in [0.25, 0.3) is 17.1 Å². The number of carbonyl (C=O) groups is 1. The predicted molar refractivity (Wildman–Crippen MR) is 106 cm³/mol. The van der Waals surface area contributed by atoms with Gasteiger partial charge in [0.15, 0.2) is 5.82 Å². The number of nitrogens with zero attached hydrogens (tertiary/aromatic N) is 3. The van der Waals surface area contributed by atoms with Crippen LogP contribution in [0.4, 0.5) is 14.5 Å². The molecule has 0 aliphatic carbocycles. The highest BCUT2D eigenvalue weighted by molar-refractivity contribution is 6.01. The van der Waals surface area contributed by atoms with Crippen molar-refractivity contribution in [3.05, 3.63) is 95.8 Å². The summed E-state index contributed by atoms with van der Waals surface area (Å²) >= 11 is 0. The average molecular weight is 390 g/mol. The maximum absolute atomic E-state index is 13.9. The molecule has 0 aliphatic rings. The Labute approximate surface area is 165 Å². The first-order chi connectivity index (χ1) is 14.0. The minimum Gasteiger partial charge on any atom is -0.317 e. The molecule has 1 N–H and O–H groups in total. The summed E-state index contributed by atoms with van der Waals surface area (Å²) in [6.07, 6.45) is 0. The van der Waals surface area contributed by atoms with Crippen LogP contribution in [0.5, 0.6) is 0 Å². The zero-order chi connectivity index (χ0) is 20.4. The van der Waals surface area contributed by atoms with Gasteiger partial charge >= 0.3 is 0 Å². The quantitative estimate of drug-likeness (QED) is 0.546. The molecule has 0 fully saturated rings. The molecule has 4 rings (SSSR count). The summed E-state index contributed by atoms with van der Waals surface area (Å²) in [6, 6.07) is 19.1. The monoisotopic (exact) mass is 390 g/mol. The SMILES string of the molecule is Cc1ccc(-c2nc(C(=O)Nc3ccccc3F)nn2-c2ccc(F)cc2)cc1. The normalized spacial score (nSPS) is 10.7. The lowest BCUT2D eigenvalue weighted by molar-refractivity contribution is 0.101. The van der Waals surface area contributed by atoms with Gasteiger partial charge in [0.2, 0.25) is 5.82 Å². The number of hydrogen-bond donors (Lipinski definition) is 1. The van der Waals surface area contributed by atoms with Crippen LogP contribution in [0.15, 0.2) is 72.8 Å². The van der Waals surface area contributed by atoms with Crippen LogP contribution in [-0.4, -0.2) is 20.7 Å². The minimum absolute atomic E-state index is 0.0347. The second-order valence-corrected chi connectivity index (χ2v) is 6.45. The van der Waals surface area contributed by atoms with Gasteiger partial charge in [-0.1, -0.05) is 42.0 Å². The minimum atomic E-state index is -0.649. The van der Waals surface area contributed by atoms with Gasteiger partial charge in [-0.05, 0) is 43.3 Å². The Hall–Kier alpha value is -3.87. The summed E-state index contributed by atoms with van der Waals surface area (Å²) in [5, 5.41) is 6.76. The summed E-state index contributed by atoms with van der Waals surface area (Å²) in [5.41, 5.74) is 2.38. The Morgan fingerprint density at radius 2 is 1.62 bits per heavy atom. The van der Waals surface area contributed by atoms with E-state index in [1.54, 1.807) is 18.2 Å². The van der Waals surface area contributed by atoms with Crippen LogP contribution in [0.3, 0.4) is 0 Å². The number of hydrogen-bond acceptors (Lipinski definition) is 3. The molecule has 0 radical (unpaired) electrons. The number of aryl methyl sites for hydroxylation is 1. The van der Waals surface area contributed by atoms with E-state index in [-0.39, 0.29) is 17.3 Å². The van der Waals surface area contributed by atoms with Crippen molar-refractivity contribution in [2.24, 2.45) is 0 Å². The van der Waals surface area contributed by atoms with E-state index in [2.05, 4.69) is 15.4 Å². The molecule has 0 atom stereocenters. The molecular formula is C22H16F2N4O. The van der Waals surface area contributed by atoms with Gasteiger partial charge in [0.05, 0.1) is 11.4 Å². The van der Waals surface area contributed by atoms with Crippen LogP contribution in [0.1, 0.15) is 16.2 Å². The van der Waals surface area contributed by atoms with Crippen LogP contribution < -0.4 is 5.32 Å². The molecule has 1 heterocycles. The molecule has 0 saturated carbocycles. The number of para-hydroxylation sites is 1. The number of aromatic nitrogens is 3. The van der Waals surface area contributed by atoms with Gasteiger partial charge in [0, 0.05) is 5.56 Å². The van der Waals surface area contributed by atoms with Crippen molar-refractivity contribution in [3.8, 4) is 17.1 Å². The molecule has 7 heteroatoms. The highest BCUT2D eigenvalue weighted by Crippen LogP contribution is 2.23. The average Bonchev–Trinajstić information content (AvgIpc) is 3.16. The number of amides is 1. The van der Waals surface area contributed by atoms with E-state index < -0.39 is 11.7 Å². The molecule has 144 valence electrons. The van der Waals surface area contributed by atoms with E-state index in [4.69, 9.17) is 0 Å². The van der Waals surface area contributed by atoms with E-state index in [0.717, 1.165) is 11.1 Å². The lowest BCUT2D eigenvalue weighted by atomic mass is 10.1. The third-order valence-corrected chi connectivity index (χ3v) is 4.31. The van der Waals surface area contributed by atoms with E-state index in [1.165, 1.54) is 35.0 Å². The van der Waals surface area contributed by atoms with Gasteiger partial charge < -0.3 is 5.32 Å². The van der Waals surface area contributed by atoms with E-state index in [9.17, 15) is 13.6 Å². The van der Waals surface area contributed by atoms with Crippen molar-refractivity contribution in [1.82, 2.24) is 14.8 Å². The molecule has 0 unspecified atom stereocenters. The number of carbonyl (C=O) groups excluding carboxylic acids is 1. The van der Waals surface area contributed by atoms with Gasteiger partial charge in [-0.3, -0.25) is 4.79 Å². The zero-order valence-corrected chi connectivity index (χ0v) is 15.4. The molecule has 0 aliphatic heterocycles. The van der Waals surface area contributed by atoms with Crippen molar-refractivity contribution in [2.45, 2.75) is 6.92 Å². The summed E-state index contributed by atoms with van der Waals surface area (Å²) in [6.45, 7) is 1.96. The zero-order valence-electron chi connectivity index (χ0n) is 15.4. The van der Waals surface area contributed by atoms with Crippen LogP contribution in [-0.2, 0) is 0 Å². The largest absolute Gasteiger partial charge is 0.317 e. The third kappa shape index (κ3) is 3.89. The van der Waals surface area contributed by atoms with Crippen molar-refractivity contribution in [2.75, 3.05) is 5.32 Å². The fourth-order valence-corrected chi connectivity index (χ4v) is 2.80. The summed E-state index contributed by atoms with van der Waals surface area (Å²) in [5.74, 6) is -1.31. The smallest absolute Gasteiger partial charge is 0.295 e. The maximum Gasteiger partial charge on any atom is 0.295 e. The van der Waals surface area contributed by atoms with Crippen LogP contribution in [0, 0.1) is 18.6 Å². The summed E-state index contributed by atoms with van der Waals surface area (Å²) in [7, 11) is 0. The molecule has 3 aromatic carbocycles. The highest BCUT2D eigenvalue weighted by Gasteiger charge is 2.19. The lowest BCUT2D eigenvalue weighted by Gasteiger charge is -2.06. The molecule has 29 heavy (non-hydrogen) atoms. The maximum atomic E-state index is 13.9. The van der Waals surface area contributed by atoms with Crippen molar-refractivity contribution < 1.29 is 13.6 Å². The Balaban J connectivity index is 1.76. The number of rotatable bonds is 4. The van der Waals surface area contributed by atoms with Crippen molar-refractivity contribution in [3.63, 3.8) is 0 Å². The van der Waals surface area contributed by atoms with Gasteiger partial charge in [0.25, 0.3) is 5.91 Å². The predicted octanol–water partition coefficient (Wildman–Crippen LogP) is 4.77. The van der Waals surface area contributed by atoms with Gasteiger partial charge in [-0.15, -0.1) is 5.10 Å².